The highest BCUT2D eigenvalue weighted by Crippen LogP contribution is 2.26. The highest BCUT2D eigenvalue weighted by atomic mass is 79.9. The fourth-order valence-corrected chi connectivity index (χ4v) is 1.85. The van der Waals surface area contributed by atoms with Gasteiger partial charge in [0.05, 0.1) is 17.3 Å². The maximum absolute atomic E-state index is 5.08. The molecule has 2 aromatic heterocycles. The van der Waals surface area contributed by atoms with Crippen LogP contribution in [0.2, 0.25) is 0 Å². The minimum atomic E-state index is 0.485. The third-order valence-electron chi connectivity index (χ3n) is 2.44. The minimum absolute atomic E-state index is 0.485. The second kappa shape index (κ2) is 5.92. The molecule has 2 heterocycles. The molecule has 1 N–H and O–H groups in total. The van der Waals surface area contributed by atoms with Crippen LogP contribution in [-0.2, 0) is 0 Å². The van der Waals surface area contributed by atoms with Gasteiger partial charge in [-0.3, -0.25) is 0 Å². The number of hydrogen-bond acceptors (Lipinski definition) is 6. The van der Waals surface area contributed by atoms with E-state index in [1.807, 2.05) is 13.8 Å². The second-order valence-electron chi connectivity index (χ2n) is 3.77. The number of aromatic nitrogens is 4. The molecule has 0 spiro atoms. The van der Waals surface area contributed by atoms with Gasteiger partial charge in [-0.15, -0.1) is 0 Å². The summed E-state index contributed by atoms with van der Waals surface area (Å²) in [6.07, 6.45) is 1.43. The average molecular weight is 324 g/mol. The van der Waals surface area contributed by atoms with Gasteiger partial charge in [-0.1, -0.05) is 0 Å². The summed E-state index contributed by atoms with van der Waals surface area (Å²) in [5.41, 5.74) is 1.47. The predicted octanol–water partition coefficient (Wildman–Crippen LogP) is 2.44. The van der Waals surface area contributed by atoms with E-state index in [1.165, 1.54) is 6.33 Å². The second-order valence-corrected chi connectivity index (χ2v) is 4.56. The van der Waals surface area contributed by atoms with Crippen LogP contribution in [0.25, 0.3) is 11.5 Å². The first-order valence-corrected chi connectivity index (χ1v) is 6.59. The molecule has 0 fully saturated rings. The topological polar surface area (TPSA) is 72.8 Å². The molecule has 0 aromatic carbocycles. The van der Waals surface area contributed by atoms with E-state index in [0.717, 1.165) is 22.5 Å². The summed E-state index contributed by atoms with van der Waals surface area (Å²) < 4.78 is 5.94. The van der Waals surface area contributed by atoms with Crippen molar-refractivity contribution in [1.82, 2.24) is 19.9 Å². The first kappa shape index (κ1) is 13.7. The Morgan fingerprint density at radius 3 is 2.79 bits per heavy atom. The van der Waals surface area contributed by atoms with Crippen LogP contribution in [0.5, 0.6) is 5.88 Å². The molecule has 7 heteroatoms. The van der Waals surface area contributed by atoms with E-state index in [4.69, 9.17) is 4.74 Å². The van der Waals surface area contributed by atoms with Gasteiger partial charge in [-0.25, -0.2) is 19.9 Å². The standard InChI is InChI=1S/C12H14BrN5O/c1-4-14-12-10(13)7(2)17-11(18-12)8-5-9(19-3)16-6-15-8/h5-6H,4H2,1-3H3,(H,14,17,18). The molecule has 2 aromatic rings. The van der Waals surface area contributed by atoms with Crippen molar-refractivity contribution in [1.29, 1.82) is 0 Å². The van der Waals surface area contributed by atoms with E-state index in [9.17, 15) is 0 Å². The monoisotopic (exact) mass is 323 g/mol. The van der Waals surface area contributed by atoms with Crippen LogP contribution in [0.3, 0.4) is 0 Å². The number of anilines is 1. The third kappa shape index (κ3) is 2.98. The summed E-state index contributed by atoms with van der Waals surface area (Å²) in [6.45, 7) is 4.70. The molecule has 2 rings (SSSR count). The van der Waals surface area contributed by atoms with Gasteiger partial charge in [0, 0.05) is 12.6 Å². The summed E-state index contributed by atoms with van der Waals surface area (Å²) in [7, 11) is 1.56. The molecule has 19 heavy (non-hydrogen) atoms. The lowest BCUT2D eigenvalue weighted by atomic mass is 10.3. The summed E-state index contributed by atoms with van der Waals surface area (Å²) in [5, 5.41) is 3.18. The number of methoxy groups -OCH3 is 1. The molecule has 0 amide bonds. The van der Waals surface area contributed by atoms with Crippen molar-refractivity contribution >= 4 is 21.7 Å². The highest BCUT2D eigenvalue weighted by Gasteiger charge is 2.12. The van der Waals surface area contributed by atoms with Crippen LogP contribution in [0, 0.1) is 6.92 Å². The molecule has 0 aliphatic rings. The Labute approximate surface area is 119 Å². The van der Waals surface area contributed by atoms with Gasteiger partial charge in [0.25, 0.3) is 0 Å². The van der Waals surface area contributed by atoms with Crippen molar-refractivity contribution in [3.05, 3.63) is 22.6 Å². The van der Waals surface area contributed by atoms with Gasteiger partial charge >= 0.3 is 0 Å². The Morgan fingerprint density at radius 2 is 2.11 bits per heavy atom. The van der Waals surface area contributed by atoms with Gasteiger partial charge in [0.15, 0.2) is 5.82 Å². The summed E-state index contributed by atoms with van der Waals surface area (Å²) >= 11 is 3.47. The Bertz CT molecular complexity index is 590. The zero-order valence-electron chi connectivity index (χ0n) is 10.9. The molecule has 6 nitrogen and oxygen atoms in total. The molecule has 0 aliphatic carbocycles. The van der Waals surface area contributed by atoms with E-state index >= 15 is 0 Å². The van der Waals surface area contributed by atoms with E-state index in [-0.39, 0.29) is 0 Å². The Hall–Kier alpha value is -1.76. The SMILES string of the molecule is CCNc1nc(-c2cc(OC)ncn2)nc(C)c1Br. The Kier molecular flexibility index (Phi) is 4.26. The maximum atomic E-state index is 5.08. The minimum Gasteiger partial charge on any atom is -0.481 e. The van der Waals surface area contributed by atoms with Crippen molar-refractivity contribution in [2.24, 2.45) is 0 Å². The molecule has 0 saturated carbocycles. The number of ether oxygens (including phenoxy) is 1. The predicted molar refractivity (Wildman–Crippen MR) is 76.2 cm³/mol. The lowest BCUT2D eigenvalue weighted by molar-refractivity contribution is 0.397. The van der Waals surface area contributed by atoms with Crippen LogP contribution in [0.1, 0.15) is 12.6 Å². The third-order valence-corrected chi connectivity index (χ3v) is 3.39. The number of hydrogen-bond donors (Lipinski definition) is 1. The van der Waals surface area contributed by atoms with Crippen LogP contribution in [0.4, 0.5) is 5.82 Å². The van der Waals surface area contributed by atoms with E-state index in [2.05, 4.69) is 41.2 Å². The van der Waals surface area contributed by atoms with E-state index < -0.39 is 0 Å². The van der Waals surface area contributed by atoms with Gasteiger partial charge < -0.3 is 10.1 Å². The first-order chi connectivity index (χ1) is 9.15. The van der Waals surface area contributed by atoms with Crippen LogP contribution in [-0.4, -0.2) is 33.6 Å². The van der Waals surface area contributed by atoms with Crippen molar-refractivity contribution in [2.45, 2.75) is 13.8 Å². The summed E-state index contributed by atoms with van der Waals surface area (Å²) in [6, 6.07) is 1.71. The lowest BCUT2D eigenvalue weighted by Crippen LogP contribution is -2.05. The lowest BCUT2D eigenvalue weighted by Gasteiger charge is -2.09. The van der Waals surface area contributed by atoms with E-state index in [0.29, 0.717) is 17.4 Å². The molecule has 0 unspecified atom stereocenters. The Balaban J connectivity index is 2.49. The van der Waals surface area contributed by atoms with Gasteiger partial charge in [-0.2, -0.15) is 0 Å². The number of aryl methyl sites for hydroxylation is 1. The molecule has 0 saturated heterocycles. The quantitative estimate of drug-likeness (QED) is 0.931. The average Bonchev–Trinajstić information content (AvgIpc) is 2.44. The Morgan fingerprint density at radius 1 is 1.32 bits per heavy atom. The molecule has 0 atom stereocenters. The molecular formula is C12H14BrN5O. The van der Waals surface area contributed by atoms with Gasteiger partial charge in [-0.05, 0) is 29.8 Å². The van der Waals surface area contributed by atoms with Gasteiger partial charge in [0.1, 0.15) is 17.8 Å². The normalized spacial score (nSPS) is 10.3. The van der Waals surface area contributed by atoms with Crippen LogP contribution >= 0.6 is 15.9 Å². The molecular weight excluding hydrogens is 310 g/mol. The van der Waals surface area contributed by atoms with Crippen molar-refractivity contribution in [3.8, 4) is 17.4 Å². The number of nitrogens with one attached hydrogen (secondary N) is 1. The van der Waals surface area contributed by atoms with Crippen LogP contribution in [0.15, 0.2) is 16.9 Å². The fourth-order valence-electron chi connectivity index (χ4n) is 1.53. The first-order valence-electron chi connectivity index (χ1n) is 5.80. The maximum Gasteiger partial charge on any atom is 0.216 e. The zero-order valence-corrected chi connectivity index (χ0v) is 12.5. The number of halogens is 1. The number of rotatable bonds is 4. The zero-order chi connectivity index (χ0) is 13.8. The molecule has 0 bridgehead atoms. The van der Waals surface area contributed by atoms with Crippen LogP contribution < -0.4 is 10.1 Å². The number of nitrogens with zero attached hydrogens (tertiary/aromatic N) is 4. The molecule has 0 radical (unpaired) electrons. The highest BCUT2D eigenvalue weighted by molar-refractivity contribution is 9.10. The van der Waals surface area contributed by atoms with Crippen molar-refractivity contribution in [2.75, 3.05) is 19.0 Å². The van der Waals surface area contributed by atoms with E-state index in [1.54, 1.807) is 13.2 Å². The fraction of sp³-hybridized carbons (Fsp3) is 0.333. The van der Waals surface area contributed by atoms with Crippen molar-refractivity contribution < 1.29 is 4.74 Å². The molecule has 0 aliphatic heterocycles. The van der Waals surface area contributed by atoms with Crippen molar-refractivity contribution in [3.63, 3.8) is 0 Å². The largest absolute Gasteiger partial charge is 0.481 e. The molecule has 100 valence electrons. The summed E-state index contributed by atoms with van der Waals surface area (Å²) in [4.78, 5) is 17.0. The smallest absolute Gasteiger partial charge is 0.216 e. The van der Waals surface area contributed by atoms with Gasteiger partial charge in [0.2, 0.25) is 5.88 Å². The summed E-state index contributed by atoms with van der Waals surface area (Å²) in [5.74, 6) is 1.78.